The van der Waals surface area contributed by atoms with Gasteiger partial charge in [0.2, 0.25) is 0 Å². The summed E-state index contributed by atoms with van der Waals surface area (Å²) in [5, 5.41) is 20.9. The van der Waals surface area contributed by atoms with Crippen molar-refractivity contribution < 1.29 is 15.0 Å². The SMILES string of the molecule is CC[C@@]12CC[C@H](O)[C@@H](C=C[C@@H](O)C3CCCCC3)[C@@H]1C(C)C2=O. The zero-order chi connectivity index (χ0) is 16.6. The summed E-state index contributed by atoms with van der Waals surface area (Å²) < 4.78 is 0. The lowest BCUT2D eigenvalue weighted by Crippen LogP contribution is -2.63. The van der Waals surface area contributed by atoms with Crippen LogP contribution in [0.25, 0.3) is 0 Å². The zero-order valence-electron chi connectivity index (χ0n) is 14.6. The minimum Gasteiger partial charge on any atom is -0.393 e. The van der Waals surface area contributed by atoms with Crippen LogP contribution in [-0.4, -0.2) is 28.2 Å². The van der Waals surface area contributed by atoms with E-state index in [0.717, 1.165) is 25.7 Å². The molecule has 3 saturated carbocycles. The maximum absolute atomic E-state index is 12.4. The van der Waals surface area contributed by atoms with Crippen molar-refractivity contribution in [3.8, 4) is 0 Å². The number of hydrogen-bond donors (Lipinski definition) is 2. The predicted molar refractivity (Wildman–Crippen MR) is 90.8 cm³/mol. The van der Waals surface area contributed by atoms with E-state index in [1.165, 1.54) is 19.3 Å². The summed E-state index contributed by atoms with van der Waals surface area (Å²) in [7, 11) is 0. The molecule has 3 heteroatoms. The van der Waals surface area contributed by atoms with E-state index in [2.05, 4.69) is 6.92 Å². The maximum atomic E-state index is 12.4. The number of Topliss-reactive ketones (excluding diaryl/α,β-unsaturated/α-hetero) is 1. The predicted octanol–water partition coefficient (Wildman–Crippen LogP) is 3.49. The van der Waals surface area contributed by atoms with Crippen molar-refractivity contribution in [2.75, 3.05) is 0 Å². The van der Waals surface area contributed by atoms with Crippen molar-refractivity contribution >= 4 is 5.78 Å². The van der Waals surface area contributed by atoms with E-state index in [0.29, 0.717) is 18.1 Å². The number of aliphatic hydroxyl groups excluding tert-OH is 2. The minimum absolute atomic E-state index is 0.0228. The molecule has 0 saturated heterocycles. The van der Waals surface area contributed by atoms with Crippen LogP contribution in [0.5, 0.6) is 0 Å². The van der Waals surface area contributed by atoms with Crippen molar-refractivity contribution in [2.24, 2.45) is 29.1 Å². The normalized spacial score (nSPS) is 43.2. The fraction of sp³-hybridized carbons (Fsp3) is 0.850. The van der Waals surface area contributed by atoms with Gasteiger partial charge in [-0.25, -0.2) is 0 Å². The highest BCUT2D eigenvalue weighted by molar-refractivity contribution is 5.94. The minimum atomic E-state index is -0.397. The quantitative estimate of drug-likeness (QED) is 0.780. The summed E-state index contributed by atoms with van der Waals surface area (Å²) >= 11 is 0. The van der Waals surface area contributed by atoms with Gasteiger partial charge in [0.25, 0.3) is 0 Å². The number of carbonyl (C=O) groups excluding carboxylic acids is 1. The van der Waals surface area contributed by atoms with Crippen LogP contribution in [0.15, 0.2) is 12.2 Å². The zero-order valence-corrected chi connectivity index (χ0v) is 14.6. The van der Waals surface area contributed by atoms with E-state index >= 15 is 0 Å². The van der Waals surface area contributed by atoms with E-state index in [-0.39, 0.29) is 29.3 Å². The molecule has 3 aliphatic carbocycles. The second-order valence-corrected chi connectivity index (χ2v) is 8.15. The van der Waals surface area contributed by atoms with Crippen molar-refractivity contribution in [1.29, 1.82) is 0 Å². The second kappa shape index (κ2) is 6.68. The van der Waals surface area contributed by atoms with Crippen LogP contribution in [0.1, 0.15) is 65.2 Å². The monoisotopic (exact) mass is 320 g/mol. The largest absolute Gasteiger partial charge is 0.393 e. The first-order valence-electron chi connectivity index (χ1n) is 9.60. The summed E-state index contributed by atoms with van der Waals surface area (Å²) in [5.41, 5.74) is -0.205. The first kappa shape index (κ1) is 17.2. The first-order valence-corrected chi connectivity index (χ1v) is 9.60. The standard InChI is InChI=1S/C20H32O3/c1-3-20-12-11-17(22)15(18(20)13(2)19(20)23)9-10-16(21)14-7-5-4-6-8-14/h9-10,13-18,21-22H,3-8,11-12H2,1-2H3/t13?,15-,16-,17+,18+,20-/m1/s1. The Bertz CT molecular complexity index is 466. The van der Waals surface area contributed by atoms with Gasteiger partial charge in [0.15, 0.2) is 0 Å². The van der Waals surface area contributed by atoms with Crippen molar-refractivity contribution in [3.05, 3.63) is 12.2 Å². The number of rotatable bonds is 4. The van der Waals surface area contributed by atoms with Crippen LogP contribution in [0.2, 0.25) is 0 Å². The van der Waals surface area contributed by atoms with Crippen molar-refractivity contribution in [1.82, 2.24) is 0 Å². The number of aliphatic hydroxyl groups is 2. The molecule has 0 aromatic rings. The summed E-state index contributed by atoms with van der Waals surface area (Å²) in [5.74, 6) is 1.08. The fourth-order valence-corrected chi connectivity index (χ4v) is 5.70. The Balaban J connectivity index is 1.72. The molecule has 2 N–H and O–H groups in total. The lowest BCUT2D eigenvalue weighted by Gasteiger charge is -2.59. The van der Waals surface area contributed by atoms with Gasteiger partial charge < -0.3 is 10.2 Å². The average Bonchev–Trinajstić information content (AvgIpc) is 2.60. The van der Waals surface area contributed by atoms with Gasteiger partial charge in [-0.05, 0) is 43.9 Å². The maximum Gasteiger partial charge on any atom is 0.142 e. The molecule has 3 aliphatic rings. The third-order valence-corrected chi connectivity index (χ3v) is 7.12. The molecule has 3 rings (SSSR count). The molecule has 6 atom stereocenters. The van der Waals surface area contributed by atoms with E-state index in [4.69, 9.17) is 0 Å². The third-order valence-electron chi connectivity index (χ3n) is 7.12. The Morgan fingerprint density at radius 2 is 1.96 bits per heavy atom. The molecule has 0 aromatic carbocycles. The Morgan fingerprint density at radius 3 is 2.61 bits per heavy atom. The molecule has 0 amide bonds. The molecule has 0 radical (unpaired) electrons. The molecule has 130 valence electrons. The third kappa shape index (κ3) is 2.80. The molecule has 0 bridgehead atoms. The molecular weight excluding hydrogens is 288 g/mol. The topological polar surface area (TPSA) is 57.5 Å². The summed E-state index contributed by atoms with van der Waals surface area (Å²) in [4.78, 5) is 12.4. The molecule has 0 spiro atoms. The Hall–Kier alpha value is -0.670. The lowest BCUT2D eigenvalue weighted by atomic mass is 9.43. The number of carbonyl (C=O) groups is 1. The van der Waals surface area contributed by atoms with Crippen molar-refractivity contribution in [3.63, 3.8) is 0 Å². The van der Waals surface area contributed by atoms with Gasteiger partial charge in [-0.1, -0.05) is 45.3 Å². The molecule has 0 aromatic heterocycles. The van der Waals surface area contributed by atoms with Crippen LogP contribution >= 0.6 is 0 Å². The lowest BCUT2D eigenvalue weighted by molar-refractivity contribution is -0.174. The van der Waals surface area contributed by atoms with Gasteiger partial charge >= 0.3 is 0 Å². The summed E-state index contributed by atoms with van der Waals surface area (Å²) in [6.45, 7) is 4.11. The van der Waals surface area contributed by atoms with E-state index in [9.17, 15) is 15.0 Å². The highest BCUT2D eigenvalue weighted by atomic mass is 16.3. The van der Waals surface area contributed by atoms with Crippen LogP contribution < -0.4 is 0 Å². The molecule has 0 heterocycles. The molecule has 3 nitrogen and oxygen atoms in total. The van der Waals surface area contributed by atoms with Gasteiger partial charge in [0.1, 0.15) is 5.78 Å². The van der Waals surface area contributed by atoms with Gasteiger partial charge in [-0.15, -0.1) is 0 Å². The fourth-order valence-electron chi connectivity index (χ4n) is 5.70. The van der Waals surface area contributed by atoms with Crippen LogP contribution in [0.3, 0.4) is 0 Å². The highest BCUT2D eigenvalue weighted by Gasteiger charge is 2.63. The Labute approximate surface area is 140 Å². The van der Waals surface area contributed by atoms with Crippen molar-refractivity contribution in [2.45, 2.75) is 77.4 Å². The van der Waals surface area contributed by atoms with E-state index in [1.54, 1.807) is 0 Å². The number of ketones is 1. The van der Waals surface area contributed by atoms with E-state index < -0.39 is 6.10 Å². The summed E-state index contributed by atoms with van der Waals surface area (Å²) in [6, 6.07) is 0. The Morgan fingerprint density at radius 1 is 1.26 bits per heavy atom. The van der Waals surface area contributed by atoms with Gasteiger partial charge in [0, 0.05) is 17.3 Å². The van der Waals surface area contributed by atoms with Gasteiger partial charge in [0.05, 0.1) is 12.2 Å². The smallest absolute Gasteiger partial charge is 0.142 e. The van der Waals surface area contributed by atoms with Gasteiger partial charge in [-0.3, -0.25) is 4.79 Å². The Kier molecular flexibility index (Phi) is 4.98. The molecule has 23 heavy (non-hydrogen) atoms. The van der Waals surface area contributed by atoms with Gasteiger partial charge in [-0.2, -0.15) is 0 Å². The molecular formula is C20H32O3. The van der Waals surface area contributed by atoms with Crippen LogP contribution in [0, 0.1) is 29.1 Å². The summed E-state index contributed by atoms with van der Waals surface area (Å²) in [6.07, 6.45) is 11.5. The van der Waals surface area contributed by atoms with Crippen LogP contribution in [0.4, 0.5) is 0 Å². The number of fused-ring (bicyclic) bond motifs is 1. The number of hydrogen-bond acceptors (Lipinski definition) is 3. The molecule has 0 aliphatic heterocycles. The first-order chi connectivity index (χ1) is 11.0. The highest BCUT2D eigenvalue weighted by Crippen LogP contribution is 2.60. The molecule has 3 fully saturated rings. The molecule has 1 unspecified atom stereocenters. The van der Waals surface area contributed by atoms with Crippen LogP contribution in [-0.2, 0) is 4.79 Å². The second-order valence-electron chi connectivity index (χ2n) is 8.15. The van der Waals surface area contributed by atoms with E-state index in [1.807, 2.05) is 19.1 Å². The average molecular weight is 320 g/mol.